The van der Waals surface area contributed by atoms with Crippen LogP contribution in [0.1, 0.15) is 56.8 Å². The molecule has 0 unspecified atom stereocenters. The van der Waals surface area contributed by atoms with E-state index < -0.39 is 29.5 Å². The molecule has 12 heteroatoms. The van der Waals surface area contributed by atoms with Crippen molar-refractivity contribution >= 4 is 35.1 Å². The van der Waals surface area contributed by atoms with Gasteiger partial charge in [0.1, 0.15) is 12.2 Å². The number of aliphatic hydroxyl groups excluding tert-OH is 1. The molecule has 4 rings (SSSR count). The Hall–Kier alpha value is -1.90. The van der Waals surface area contributed by atoms with Crippen LogP contribution in [0.3, 0.4) is 0 Å². The molecule has 2 amide bonds. The molecule has 2 heterocycles. The molecule has 1 radical (unpaired) electrons. The number of para-hydroxylation sites is 1. The van der Waals surface area contributed by atoms with E-state index in [-0.39, 0.29) is 81.9 Å². The van der Waals surface area contributed by atoms with Crippen LogP contribution in [0.15, 0.2) is 36.4 Å². The molecule has 0 bridgehead atoms. The molecule has 0 aliphatic carbocycles. The summed E-state index contributed by atoms with van der Waals surface area (Å²) in [6, 6.07) is 10.6. The number of carbonyl (C=O) groups is 3. The van der Waals surface area contributed by atoms with Gasteiger partial charge >= 0.3 is 5.97 Å². The molecule has 10 nitrogen and oxygen atoms in total. The number of benzene rings is 2. The summed E-state index contributed by atoms with van der Waals surface area (Å²) in [4.78, 5) is 42.2. The Bertz CT molecular complexity index is 1310. The number of fused-ring (bicyclic) bond motifs is 1. The van der Waals surface area contributed by atoms with E-state index in [1.54, 1.807) is 40.1 Å². The maximum absolute atomic E-state index is 14.2. The number of anilines is 1. The number of aliphatic carboxylic acids is 1. The van der Waals surface area contributed by atoms with Crippen LogP contribution in [-0.4, -0.2) is 79.5 Å². The van der Waals surface area contributed by atoms with Gasteiger partial charge in [0.25, 0.3) is 5.91 Å². The number of hydrogen-bond acceptors (Lipinski definition) is 7. The van der Waals surface area contributed by atoms with Crippen molar-refractivity contribution < 1.29 is 82.9 Å². The van der Waals surface area contributed by atoms with Crippen LogP contribution in [-0.2, 0) is 19.1 Å². The summed E-state index contributed by atoms with van der Waals surface area (Å²) in [5.41, 5.74) is 1.12. The molecule has 0 saturated carbocycles. The molecule has 2 atom stereocenters. The van der Waals surface area contributed by atoms with Crippen molar-refractivity contribution in [2.45, 2.75) is 51.7 Å². The molecule has 0 spiro atoms. The van der Waals surface area contributed by atoms with Gasteiger partial charge in [-0.15, -0.1) is 0 Å². The Morgan fingerprint density at radius 3 is 2.37 bits per heavy atom. The number of aliphatic hydroxyl groups is 1. The third kappa shape index (κ3) is 8.43. The van der Waals surface area contributed by atoms with Crippen LogP contribution in [0, 0.1) is 55.4 Å². The molecular formula is C31H39AcClN2O8. The summed E-state index contributed by atoms with van der Waals surface area (Å²) in [5.74, 6) is -0.571. The minimum absolute atomic E-state index is 0. The fraction of sp³-hybridized carbons (Fsp3) is 0.516. The van der Waals surface area contributed by atoms with E-state index in [0.29, 0.717) is 59.3 Å². The quantitative estimate of drug-likeness (QED) is 0.364. The number of carbonyl (C=O) groups excluding carboxylic acids is 2. The summed E-state index contributed by atoms with van der Waals surface area (Å²) < 4.78 is 17.8. The first kappa shape index (κ1) is 35.6. The molecule has 0 aromatic heterocycles. The first-order valence-electron chi connectivity index (χ1n) is 14.1. The molecule has 2 aromatic rings. The van der Waals surface area contributed by atoms with E-state index >= 15 is 0 Å². The molecule has 43 heavy (non-hydrogen) atoms. The minimum Gasteiger partial charge on any atom is -0.493 e. The summed E-state index contributed by atoms with van der Waals surface area (Å²) >= 11 is 6.47. The molecule has 2 aliphatic rings. The number of hydrogen-bond donors (Lipinski definition) is 2. The minimum atomic E-state index is -1.16. The number of piperidine rings is 1. The average Bonchev–Trinajstić information content (AvgIpc) is 3.06. The van der Waals surface area contributed by atoms with Crippen LogP contribution in [0.25, 0.3) is 0 Å². The van der Waals surface area contributed by atoms with Gasteiger partial charge in [-0.1, -0.05) is 37.6 Å². The first-order valence-corrected chi connectivity index (χ1v) is 14.4. The van der Waals surface area contributed by atoms with Gasteiger partial charge in [0, 0.05) is 104 Å². The fourth-order valence-electron chi connectivity index (χ4n) is 5.63. The number of methoxy groups -OCH3 is 2. The third-order valence-electron chi connectivity index (χ3n) is 7.93. The molecule has 2 N–H and O–H groups in total. The van der Waals surface area contributed by atoms with Crippen molar-refractivity contribution in [1.82, 2.24) is 4.90 Å². The van der Waals surface area contributed by atoms with Crippen molar-refractivity contribution in [1.29, 1.82) is 0 Å². The zero-order valence-corrected chi connectivity index (χ0v) is 30.5. The number of ether oxygens (including phenoxy) is 3. The van der Waals surface area contributed by atoms with Gasteiger partial charge in [-0.2, -0.15) is 0 Å². The Labute approximate surface area is 293 Å². The Kier molecular flexibility index (Phi) is 12.7. The summed E-state index contributed by atoms with van der Waals surface area (Å²) in [5, 5.41) is 19.6. The Balaban J connectivity index is 0.00000506. The second kappa shape index (κ2) is 15.4. The summed E-state index contributed by atoms with van der Waals surface area (Å²) in [7, 11) is 3.05. The van der Waals surface area contributed by atoms with Crippen LogP contribution >= 0.6 is 11.6 Å². The molecule has 2 aliphatic heterocycles. The van der Waals surface area contributed by atoms with E-state index in [9.17, 15) is 19.5 Å². The average molecular weight is 830 g/mol. The smallest absolute Gasteiger partial charge is 0.303 e. The standard InChI is InChI=1S/C31H39ClN2O8.Ac/c1-31(2,18-35)17-34-23-9-8-20(32)15-22(23)28(21-6-5-7-24(40-3)29(21)41-4)42-25(30(34)39)16-26(36)33-12-10-19(11-13-33)14-27(37)38;/h5-9,15,19,25,28,35H,10-14,16-18H2,1-4H3,(H,37,38);/t25-,28-;/m1./s1. The van der Waals surface area contributed by atoms with Crippen molar-refractivity contribution in [3.05, 3.63) is 52.5 Å². The molecular weight excluding hydrogens is 791 g/mol. The fourth-order valence-corrected chi connectivity index (χ4v) is 5.81. The van der Waals surface area contributed by atoms with Gasteiger partial charge in [-0.3, -0.25) is 14.4 Å². The second-order valence-electron chi connectivity index (χ2n) is 11.7. The van der Waals surface area contributed by atoms with Crippen LogP contribution in [0.4, 0.5) is 5.69 Å². The van der Waals surface area contributed by atoms with Gasteiger partial charge in [-0.05, 0) is 43.0 Å². The van der Waals surface area contributed by atoms with Gasteiger partial charge in [0.15, 0.2) is 11.5 Å². The normalized spacial score (nSPS) is 19.3. The van der Waals surface area contributed by atoms with E-state index in [0.717, 1.165) is 0 Å². The number of rotatable bonds is 10. The number of carboxylic acids is 1. The number of halogens is 1. The number of likely N-dealkylation sites (tertiary alicyclic amines) is 1. The van der Waals surface area contributed by atoms with Gasteiger partial charge in [0.2, 0.25) is 5.91 Å². The Morgan fingerprint density at radius 2 is 1.77 bits per heavy atom. The van der Waals surface area contributed by atoms with E-state index in [1.165, 1.54) is 14.2 Å². The second-order valence-corrected chi connectivity index (χ2v) is 12.1. The summed E-state index contributed by atoms with van der Waals surface area (Å²) in [6.45, 7) is 4.55. The predicted molar refractivity (Wildman–Crippen MR) is 157 cm³/mol. The van der Waals surface area contributed by atoms with Crippen LogP contribution < -0.4 is 14.4 Å². The molecule has 1 fully saturated rings. The first-order chi connectivity index (χ1) is 20.0. The molecule has 2 aromatic carbocycles. The topological polar surface area (TPSA) is 126 Å². The monoisotopic (exact) mass is 829 g/mol. The summed E-state index contributed by atoms with van der Waals surface area (Å²) in [6.07, 6.45) is -0.954. The van der Waals surface area contributed by atoms with Crippen molar-refractivity contribution in [2.24, 2.45) is 11.3 Å². The van der Waals surface area contributed by atoms with E-state index in [4.69, 9.17) is 30.9 Å². The maximum Gasteiger partial charge on any atom is 0.303 e. The Morgan fingerprint density at radius 1 is 1.07 bits per heavy atom. The number of carboxylic acid groups (broad SMARTS) is 1. The van der Waals surface area contributed by atoms with Crippen molar-refractivity contribution in [3.63, 3.8) is 0 Å². The maximum atomic E-state index is 14.2. The molecule has 231 valence electrons. The SMILES string of the molecule is COc1cccc([C@H]2O[C@H](CC(=O)N3CCC(CC(=O)O)CC3)C(=O)N(CC(C)(C)CO)c3ccc(Cl)cc32)c1OC.[Ac]. The van der Waals surface area contributed by atoms with Gasteiger partial charge in [-0.25, -0.2) is 0 Å². The van der Waals surface area contributed by atoms with E-state index in [2.05, 4.69) is 0 Å². The van der Waals surface area contributed by atoms with Crippen LogP contribution in [0.2, 0.25) is 5.02 Å². The van der Waals surface area contributed by atoms with E-state index in [1.807, 2.05) is 19.9 Å². The molecule has 1 saturated heterocycles. The number of amides is 2. The zero-order valence-electron chi connectivity index (χ0n) is 25.0. The van der Waals surface area contributed by atoms with Crippen LogP contribution in [0.5, 0.6) is 11.5 Å². The predicted octanol–water partition coefficient (Wildman–Crippen LogP) is 4.30. The van der Waals surface area contributed by atoms with Gasteiger partial charge < -0.3 is 34.2 Å². The van der Waals surface area contributed by atoms with Crippen molar-refractivity contribution in [3.8, 4) is 11.5 Å². The van der Waals surface area contributed by atoms with Gasteiger partial charge in [0.05, 0.1) is 20.6 Å². The largest absolute Gasteiger partial charge is 0.493 e. The zero-order chi connectivity index (χ0) is 30.6. The van der Waals surface area contributed by atoms with Crippen molar-refractivity contribution in [2.75, 3.05) is 45.4 Å². The number of nitrogens with zero attached hydrogens (tertiary/aromatic N) is 2. The third-order valence-corrected chi connectivity index (χ3v) is 8.16.